The smallest absolute Gasteiger partial charge is 0.299 e. The number of aryl methyl sites for hydroxylation is 1. The number of ketones is 2. The van der Waals surface area contributed by atoms with Gasteiger partial charge in [0.15, 0.2) is 5.78 Å². The van der Waals surface area contributed by atoms with Gasteiger partial charge < -0.3 is 4.57 Å². The summed E-state index contributed by atoms with van der Waals surface area (Å²) < 4.78 is 15.5. The minimum absolute atomic E-state index is 0.000295. The van der Waals surface area contributed by atoms with E-state index in [1.165, 1.54) is 12.1 Å². The number of hydrogen-bond donors (Lipinski definition) is 0. The van der Waals surface area contributed by atoms with E-state index in [4.69, 9.17) is 0 Å². The fourth-order valence-electron chi connectivity index (χ4n) is 2.44. The van der Waals surface area contributed by atoms with E-state index in [2.05, 4.69) is 0 Å². The maximum atomic E-state index is 13.9. The molecule has 1 aliphatic heterocycles. The molecule has 0 aliphatic carbocycles. The van der Waals surface area contributed by atoms with Crippen LogP contribution in [0.1, 0.15) is 20.8 Å². The summed E-state index contributed by atoms with van der Waals surface area (Å²) >= 11 is 0. The van der Waals surface area contributed by atoms with Crippen molar-refractivity contribution in [1.29, 1.82) is 0 Å². The Balaban J connectivity index is 1.98. The van der Waals surface area contributed by atoms with Crippen molar-refractivity contribution in [2.45, 2.75) is 0 Å². The summed E-state index contributed by atoms with van der Waals surface area (Å²) in [7, 11) is 1.69. The molecule has 0 N–H and O–H groups in total. The highest BCUT2D eigenvalue weighted by Crippen LogP contribution is 2.31. The van der Waals surface area contributed by atoms with Gasteiger partial charge in [0.1, 0.15) is 5.82 Å². The molecular formula is C15H11FN2O3. The predicted molar refractivity (Wildman–Crippen MR) is 72.8 cm³/mol. The molecular weight excluding hydrogens is 275 g/mol. The maximum absolute atomic E-state index is 13.9. The van der Waals surface area contributed by atoms with E-state index in [1.807, 2.05) is 0 Å². The van der Waals surface area contributed by atoms with Gasteiger partial charge in [-0.3, -0.25) is 19.3 Å². The minimum atomic E-state index is -0.877. The van der Waals surface area contributed by atoms with E-state index in [0.717, 1.165) is 11.0 Å². The zero-order valence-electron chi connectivity index (χ0n) is 11.2. The van der Waals surface area contributed by atoms with Gasteiger partial charge in [-0.2, -0.15) is 0 Å². The third-order valence-corrected chi connectivity index (χ3v) is 3.47. The number of carbonyl (C=O) groups excluding carboxylic acids is 3. The highest BCUT2D eigenvalue weighted by Gasteiger charge is 2.39. The Labute approximate surface area is 119 Å². The Morgan fingerprint density at radius 3 is 2.62 bits per heavy atom. The molecule has 6 heteroatoms. The van der Waals surface area contributed by atoms with Crippen LogP contribution >= 0.6 is 0 Å². The lowest BCUT2D eigenvalue weighted by molar-refractivity contribution is -0.114. The second kappa shape index (κ2) is 4.66. The van der Waals surface area contributed by atoms with Crippen molar-refractivity contribution in [1.82, 2.24) is 4.57 Å². The molecule has 0 saturated carbocycles. The molecule has 1 aromatic carbocycles. The summed E-state index contributed by atoms with van der Waals surface area (Å²) in [5, 5.41) is 0. The van der Waals surface area contributed by atoms with Gasteiger partial charge >= 0.3 is 0 Å². The second-order valence-electron chi connectivity index (χ2n) is 4.78. The Bertz CT molecular complexity index is 779. The number of nitrogens with zero attached hydrogens (tertiary/aromatic N) is 2. The molecule has 1 aliphatic rings. The fraction of sp³-hybridized carbons (Fsp3) is 0.133. The molecule has 0 fully saturated rings. The third kappa shape index (κ3) is 1.96. The van der Waals surface area contributed by atoms with E-state index in [-0.39, 0.29) is 23.6 Å². The first kappa shape index (κ1) is 13.2. The van der Waals surface area contributed by atoms with Crippen molar-refractivity contribution in [2.75, 3.05) is 11.4 Å². The number of Topliss-reactive ketones (excluding diaryl/α,β-unsaturated/α-hetero) is 2. The Morgan fingerprint density at radius 1 is 1.19 bits per heavy atom. The van der Waals surface area contributed by atoms with Gasteiger partial charge in [0.2, 0.25) is 0 Å². The molecule has 0 unspecified atom stereocenters. The first-order valence-electron chi connectivity index (χ1n) is 6.30. The van der Waals surface area contributed by atoms with Crippen molar-refractivity contribution in [3.63, 3.8) is 0 Å². The molecule has 2 aromatic rings. The monoisotopic (exact) mass is 286 g/mol. The molecule has 0 atom stereocenters. The summed E-state index contributed by atoms with van der Waals surface area (Å²) in [4.78, 5) is 36.9. The average Bonchev–Trinajstić information content (AvgIpc) is 2.98. The zero-order chi connectivity index (χ0) is 15.1. The number of amides is 1. The largest absolute Gasteiger partial charge is 0.348 e. The molecule has 0 bridgehead atoms. The topological polar surface area (TPSA) is 59.4 Å². The van der Waals surface area contributed by atoms with Crippen molar-refractivity contribution in [2.24, 2.45) is 7.05 Å². The molecule has 3 rings (SSSR count). The maximum Gasteiger partial charge on any atom is 0.299 e. The van der Waals surface area contributed by atoms with E-state index in [9.17, 15) is 18.8 Å². The average molecular weight is 286 g/mol. The highest BCUT2D eigenvalue weighted by molar-refractivity contribution is 6.52. The summed E-state index contributed by atoms with van der Waals surface area (Å²) in [6.45, 7) is -0.365. The van der Waals surface area contributed by atoms with Crippen LogP contribution in [0, 0.1) is 5.82 Å². The molecule has 5 nitrogen and oxygen atoms in total. The van der Waals surface area contributed by atoms with Crippen molar-refractivity contribution < 1.29 is 18.8 Å². The van der Waals surface area contributed by atoms with Crippen molar-refractivity contribution in [3.05, 3.63) is 53.6 Å². The van der Waals surface area contributed by atoms with Crippen LogP contribution in [-0.4, -0.2) is 28.6 Å². The van der Waals surface area contributed by atoms with Crippen LogP contribution in [0.4, 0.5) is 10.1 Å². The number of halogens is 1. The van der Waals surface area contributed by atoms with E-state index >= 15 is 0 Å². The lowest BCUT2D eigenvalue weighted by atomic mass is 10.1. The Hall–Kier alpha value is -2.76. The van der Waals surface area contributed by atoms with Crippen LogP contribution in [0.5, 0.6) is 0 Å². The molecule has 0 saturated heterocycles. The Morgan fingerprint density at radius 2 is 1.95 bits per heavy atom. The minimum Gasteiger partial charge on any atom is -0.348 e. The van der Waals surface area contributed by atoms with Gasteiger partial charge in [0, 0.05) is 13.2 Å². The van der Waals surface area contributed by atoms with Crippen LogP contribution in [0.3, 0.4) is 0 Å². The summed E-state index contributed by atoms with van der Waals surface area (Å²) in [6, 6.07) is 7.20. The predicted octanol–water partition coefficient (Wildman–Crippen LogP) is 1.58. The third-order valence-electron chi connectivity index (χ3n) is 3.47. The lowest BCUT2D eigenvalue weighted by Gasteiger charge is -2.16. The zero-order valence-corrected chi connectivity index (χ0v) is 11.2. The number of benzene rings is 1. The van der Waals surface area contributed by atoms with E-state index in [0.29, 0.717) is 5.69 Å². The molecule has 2 heterocycles. The SMILES string of the molecule is Cn1cccc1C(=O)CN1C(=O)C(=O)c2cccc(F)c21. The molecule has 106 valence electrons. The number of para-hydroxylation sites is 1. The standard InChI is InChI=1S/C15H11FN2O3/c1-17-7-3-6-11(17)12(19)8-18-13-9(14(20)15(18)21)4-2-5-10(13)16/h2-7H,8H2,1H3. The van der Waals surface area contributed by atoms with Gasteiger partial charge in [-0.1, -0.05) is 6.07 Å². The van der Waals surface area contributed by atoms with Crippen LogP contribution < -0.4 is 4.90 Å². The summed E-state index contributed by atoms with van der Waals surface area (Å²) in [5.41, 5.74) is 0.273. The first-order chi connectivity index (χ1) is 10.0. The van der Waals surface area contributed by atoms with E-state index < -0.39 is 17.5 Å². The molecule has 21 heavy (non-hydrogen) atoms. The Kier molecular flexibility index (Phi) is 2.94. The first-order valence-corrected chi connectivity index (χ1v) is 6.30. The number of carbonyl (C=O) groups is 3. The molecule has 0 spiro atoms. The fourth-order valence-corrected chi connectivity index (χ4v) is 2.44. The van der Waals surface area contributed by atoms with Gasteiger partial charge in [-0.15, -0.1) is 0 Å². The van der Waals surface area contributed by atoms with Gasteiger partial charge in [0.25, 0.3) is 11.7 Å². The second-order valence-corrected chi connectivity index (χ2v) is 4.78. The normalized spacial score (nSPS) is 13.7. The molecule has 0 radical (unpaired) electrons. The van der Waals surface area contributed by atoms with Crippen molar-refractivity contribution >= 4 is 23.2 Å². The number of hydrogen-bond acceptors (Lipinski definition) is 3. The van der Waals surface area contributed by atoms with Gasteiger partial charge in [-0.25, -0.2) is 4.39 Å². The van der Waals surface area contributed by atoms with Crippen LogP contribution in [0.15, 0.2) is 36.5 Å². The highest BCUT2D eigenvalue weighted by atomic mass is 19.1. The quantitative estimate of drug-likeness (QED) is 0.635. The van der Waals surface area contributed by atoms with Crippen molar-refractivity contribution in [3.8, 4) is 0 Å². The molecule has 1 amide bonds. The lowest BCUT2D eigenvalue weighted by Crippen LogP contribution is -2.35. The van der Waals surface area contributed by atoms with Crippen LogP contribution in [-0.2, 0) is 11.8 Å². The summed E-state index contributed by atoms with van der Waals surface area (Å²) in [5.74, 6) is -2.71. The van der Waals surface area contributed by atoms with E-state index in [1.54, 1.807) is 29.9 Å². The molecule has 1 aromatic heterocycles. The van der Waals surface area contributed by atoms with Gasteiger partial charge in [-0.05, 0) is 24.3 Å². The summed E-state index contributed by atoms with van der Waals surface area (Å²) in [6.07, 6.45) is 1.69. The number of aromatic nitrogens is 1. The van der Waals surface area contributed by atoms with Crippen LogP contribution in [0.2, 0.25) is 0 Å². The number of fused-ring (bicyclic) bond motifs is 1. The van der Waals surface area contributed by atoms with Gasteiger partial charge in [0.05, 0.1) is 23.5 Å². The number of rotatable bonds is 3. The van der Waals surface area contributed by atoms with Crippen LogP contribution in [0.25, 0.3) is 0 Å². The number of anilines is 1.